The number of aldehydes is 1. The van der Waals surface area contributed by atoms with Crippen LogP contribution >= 0.6 is 11.6 Å². The molecule has 4 rings (SSSR count). The molecule has 4 aromatic carbocycles. The Hall–Kier alpha value is -3.56. The standard InChI is InChI=1S/C27H22ClNO2/c1-31-26-18-25(24(28)17-20(26)19-30)29-27(21-11-5-2-6-12-21,22-13-7-3-8-14-22)23-15-9-4-10-16-23/h2-19,29H,1H3. The maximum absolute atomic E-state index is 11.4. The fourth-order valence-corrected chi connectivity index (χ4v) is 4.14. The Morgan fingerprint density at radius 1 is 0.774 bits per heavy atom. The molecule has 4 aromatic rings. The molecule has 0 unspecified atom stereocenters. The van der Waals surface area contributed by atoms with Gasteiger partial charge in [0.05, 0.1) is 23.4 Å². The van der Waals surface area contributed by atoms with Crippen LogP contribution in [0.3, 0.4) is 0 Å². The minimum absolute atomic E-state index is 0.405. The lowest BCUT2D eigenvalue weighted by Gasteiger charge is -2.38. The van der Waals surface area contributed by atoms with Crippen molar-refractivity contribution in [2.75, 3.05) is 12.4 Å². The topological polar surface area (TPSA) is 38.3 Å². The number of nitrogens with one attached hydrogen (secondary N) is 1. The lowest BCUT2D eigenvalue weighted by Crippen LogP contribution is -2.38. The first kappa shape index (κ1) is 20.7. The molecule has 4 heteroatoms. The number of carbonyl (C=O) groups is 1. The first-order valence-electron chi connectivity index (χ1n) is 9.96. The Morgan fingerprint density at radius 2 is 1.23 bits per heavy atom. The van der Waals surface area contributed by atoms with E-state index in [9.17, 15) is 4.79 Å². The van der Waals surface area contributed by atoms with E-state index in [0.717, 1.165) is 23.0 Å². The van der Waals surface area contributed by atoms with Crippen molar-refractivity contribution in [1.29, 1.82) is 0 Å². The van der Waals surface area contributed by atoms with E-state index in [0.29, 0.717) is 22.0 Å². The third kappa shape index (κ3) is 3.92. The molecule has 0 aliphatic heterocycles. The fourth-order valence-electron chi connectivity index (χ4n) is 3.92. The highest BCUT2D eigenvalue weighted by molar-refractivity contribution is 6.33. The Labute approximate surface area is 187 Å². The summed E-state index contributed by atoms with van der Waals surface area (Å²) in [7, 11) is 1.54. The minimum Gasteiger partial charge on any atom is -0.496 e. The lowest BCUT2D eigenvalue weighted by atomic mass is 9.76. The Morgan fingerprint density at radius 3 is 1.61 bits per heavy atom. The van der Waals surface area contributed by atoms with Gasteiger partial charge in [-0.2, -0.15) is 0 Å². The summed E-state index contributed by atoms with van der Waals surface area (Å²) >= 11 is 6.63. The second-order valence-corrected chi connectivity index (χ2v) is 7.57. The molecule has 0 aromatic heterocycles. The van der Waals surface area contributed by atoms with Crippen LogP contribution in [0.25, 0.3) is 0 Å². The number of halogens is 1. The largest absolute Gasteiger partial charge is 0.496 e. The van der Waals surface area contributed by atoms with E-state index < -0.39 is 5.54 Å². The predicted molar refractivity (Wildman–Crippen MR) is 126 cm³/mol. The Kier molecular flexibility index (Phi) is 6.06. The average Bonchev–Trinajstić information content (AvgIpc) is 2.84. The first-order chi connectivity index (χ1) is 15.2. The van der Waals surface area contributed by atoms with Crippen LogP contribution in [0.4, 0.5) is 5.69 Å². The van der Waals surface area contributed by atoms with Crippen LogP contribution in [0.2, 0.25) is 5.02 Å². The number of methoxy groups -OCH3 is 1. The third-order valence-electron chi connectivity index (χ3n) is 5.39. The van der Waals surface area contributed by atoms with Crippen molar-refractivity contribution in [3.05, 3.63) is 130 Å². The molecule has 0 fully saturated rings. The molecular weight excluding hydrogens is 406 g/mol. The van der Waals surface area contributed by atoms with Crippen molar-refractivity contribution in [3.8, 4) is 5.75 Å². The van der Waals surface area contributed by atoms with Gasteiger partial charge in [-0.25, -0.2) is 0 Å². The van der Waals surface area contributed by atoms with E-state index in [1.807, 2.05) is 54.6 Å². The van der Waals surface area contributed by atoms with Crippen molar-refractivity contribution in [1.82, 2.24) is 0 Å². The number of ether oxygens (including phenoxy) is 1. The van der Waals surface area contributed by atoms with Gasteiger partial charge in [0, 0.05) is 6.07 Å². The van der Waals surface area contributed by atoms with Gasteiger partial charge in [0.2, 0.25) is 0 Å². The highest BCUT2D eigenvalue weighted by Crippen LogP contribution is 2.42. The number of carbonyl (C=O) groups excluding carboxylic acids is 1. The van der Waals surface area contributed by atoms with Crippen LogP contribution in [0, 0.1) is 0 Å². The van der Waals surface area contributed by atoms with Gasteiger partial charge in [0.25, 0.3) is 0 Å². The summed E-state index contributed by atoms with van der Waals surface area (Å²) in [4.78, 5) is 11.4. The van der Waals surface area contributed by atoms with Gasteiger partial charge < -0.3 is 10.1 Å². The highest BCUT2D eigenvalue weighted by Gasteiger charge is 2.37. The second-order valence-electron chi connectivity index (χ2n) is 7.16. The van der Waals surface area contributed by atoms with E-state index in [1.165, 1.54) is 0 Å². The molecule has 0 saturated heterocycles. The molecule has 0 atom stereocenters. The zero-order chi connectivity index (χ0) is 21.7. The van der Waals surface area contributed by atoms with Crippen molar-refractivity contribution < 1.29 is 9.53 Å². The van der Waals surface area contributed by atoms with Gasteiger partial charge in [0.1, 0.15) is 11.3 Å². The zero-order valence-corrected chi connectivity index (χ0v) is 17.8. The molecule has 154 valence electrons. The van der Waals surface area contributed by atoms with Gasteiger partial charge >= 0.3 is 0 Å². The normalized spacial score (nSPS) is 11.0. The predicted octanol–water partition coefficient (Wildman–Crippen LogP) is 6.57. The van der Waals surface area contributed by atoms with Crippen LogP contribution in [0.5, 0.6) is 5.75 Å². The smallest absolute Gasteiger partial charge is 0.153 e. The van der Waals surface area contributed by atoms with Gasteiger partial charge in [-0.1, -0.05) is 103 Å². The third-order valence-corrected chi connectivity index (χ3v) is 5.70. The Balaban J connectivity index is 2.01. The number of rotatable bonds is 7. The quantitative estimate of drug-likeness (QED) is 0.268. The van der Waals surface area contributed by atoms with E-state index in [2.05, 4.69) is 41.7 Å². The molecule has 0 bridgehead atoms. The number of hydrogen-bond donors (Lipinski definition) is 1. The molecule has 0 saturated carbocycles. The number of hydrogen-bond acceptors (Lipinski definition) is 3. The van der Waals surface area contributed by atoms with Gasteiger partial charge in [-0.15, -0.1) is 0 Å². The molecule has 0 heterocycles. The second kappa shape index (κ2) is 9.07. The molecule has 0 amide bonds. The van der Waals surface area contributed by atoms with Crippen LogP contribution in [0.15, 0.2) is 103 Å². The average molecular weight is 428 g/mol. The minimum atomic E-state index is -0.721. The van der Waals surface area contributed by atoms with E-state index in [-0.39, 0.29) is 0 Å². The van der Waals surface area contributed by atoms with Gasteiger partial charge in [-0.3, -0.25) is 4.79 Å². The number of benzene rings is 4. The van der Waals surface area contributed by atoms with Crippen molar-refractivity contribution >= 4 is 23.6 Å². The Bertz CT molecular complexity index is 1070. The van der Waals surface area contributed by atoms with E-state index in [4.69, 9.17) is 16.3 Å². The molecule has 31 heavy (non-hydrogen) atoms. The monoisotopic (exact) mass is 427 g/mol. The van der Waals surface area contributed by atoms with Gasteiger partial charge in [-0.05, 0) is 22.8 Å². The summed E-state index contributed by atoms with van der Waals surface area (Å²) in [5.74, 6) is 0.463. The maximum atomic E-state index is 11.4. The summed E-state index contributed by atoms with van der Waals surface area (Å²) in [6, 6.07) is 34.1. The summed E-state index contributed by atoms with van der Waals surface area (Å²) in [5.41, 5.74) is 3.52. The number of anilines is 1. The summed E-state index contributed by atoms with van der Waals surface area (Å²) in [6.45, 7) is 0. The maximum Gasteiger partial charge on any atom is 0.153 e. The molecule has 0 aliphatic rings. The SMILES string of the molecule is COc1cc(NC(c2ccccc2)(c2ccccc2)c2ccccc2)c(Cl)cc1C=O. The first-order valence-corrected chi connectivity index (χ1v) is 10.3. The van der Waals surface area contributed by atoms with Crippen LogP contribution in [-0.4, -0.2) is 13.4 Å². The molecule has 0 aliphatic carbocycles. The lowest BCUT2D eigenvalue weighted by molar-refractivity contribution is 0.112. The molecule has 0 spiro atoms. The van der Waals surface area contributed by atoms with Crippen molar-refractivity contribution in [3.63, 3.8) is 0 Å². The molecule has 1 N–H and O–H groups in total. The van der Waals surface area contributed by atoms with Crippen molar-refractivity contribution in [2.24, 2.45) is 0 Å². The molecule has 3 nitrogen and oxygen atoms in total. The summed E-state index contributed by atoms with van der Waals surface area (Å²) in [6.07, 6.45) is 0.743. The van der Waals surface area contributed by atoms with Crippen LogP contribution < -0.4 is 10.1 Å². The van der Waals surface area contributed by atoms with E-state index >= 15 is 0 Å². The van der Waals surface area contributed by atoms with Crippen molar-refractivity contribution in [2.45, 2.75) is 5.54 Å². The highest BCUT2D eigenvalue weighted by atomic mass is 35.5. The zero-order valence-electron chi connectivity index (χ0n) is 17.1. The van der Waals surface area contributed by atoms with Gasteiger partial charge in [0.15, 0.2) is 6.29 Å². The molecular formula is C27H22ClNO2. The summed E-state index contributed by atoms with van der Waals surface area (Å²) < 4.78 is 5.43. The molecule has 0 radical (unpaired) electrons. The van der Waals surface area contributed by atoms with E-state index in [1.54, 1.807) is 19.2 Å². The fraction of sp³-hybridized carbons (Fsp3) is 0.0741. The summed E-state index contributed by atoms with van der Waals surface area (Å²) in [5, 5.41) is 4.15. The van der Waals surface area contributed by atoms with Crippen LogP contribution in [-0.2, 0) is 5.54 Å². The van der Waals surface area contributed by atoms with Crippen LogP contribution in [0.1, 0.15) is 27.0 Å².